The summed E-state index contributed by atoms with van der Waals surface area (Å²) in [7, 11) is 1.71. The van der Waals surface area contributed by atoms with E-state index in [1.807, 2.05) is 12.1 Å². The molecule has 0 bridgehead atoms. The Kier molecular flexibility index (Phi) is 6.34. The SMILES string of the molecule is CC[C@@H]1CN(c2nc(-c3ccncc3F)cc(=O)n2C)CCN1Cc1ccc(Cl)cc1. The third kappa shape index (κ3) is 4.62. The van der Waals surface area contributed by atoms with Gasteiger partial charge in [0, 0.05) is 62.1 Å². The summed E-state index contributed by atoms with van der Waals surface area (Å²) in [6.45, 7) is 5.32. The maximum absolute atomic E-state index is 14.2. The molecule has 2 aromatic heterocycles. The summed E-state index contributed by atoms with van der Waals surface area (Å²) in [5, 5.41) is 0.734. The highest BCUT2D eigenvalue weighted by Gasteiger charge is 2.28. The van der Waals surface area contributed by atoms with Crippen molar-refractivity contribution >= 4 is 17.5 Å². The van der Waals surface area contributed by atoms with Crippen LogP contribution >= 0.6 is 11.6 Å². The van der Waals surface area contributed by atoms with Crippen molar-refractivity contribution in [2.75, 3.05) is 24.5 Å². The molecule has 1 saturated heterocycles. The fraction of sp³-hybridized carbons (Fsp3) is 0.348. The van der Waals surface area contributed by atoms with Crippen LogP contribution in [0.1, 0.15) is 18.9 Å². The normalized spacial score (nSPS) is 17.2. The number of pyridine rings is 1. The number of anilines is 1. The van der Waals surface area contributed by atoms with Gasteiger partial charge in [0.05, 0.1) is 11.9 Å². The molecule has 1 atom stereocenters. The highest BCUT2D eigenvalue weighted by molar-refractivity contribution is 6.30. The van der Waals surface area contributed by atoms with Crippen molar-refractivity contribution in [1.82, 2.24) is 19.4 Å². The molecule has 3 aromatic rings. The van der Waals surface area contributed by atoms with Crippen molar-refractivity contribution in [3.63, 3.8) is 0 Å². The van der Waals surface area contributed by atoms with E-state index in [2.05, 4.69) is 38.8 Å². The van der Waals surface area contributed by atoms with Crippen LogP contribution in [0.4, 0.5) is 10.3 Å². The van der Waals surface area contributed by atoms with Crippen molar-refractivity contribution in [1.29, 1.82) is 0 Å². The second-order valence-corrected chi connectivity index (χ2v) is 8.24. The number of rotatable bonds is 5. The van der Waals surface area contributed by atoms with Crippen LogP contribution in [0, 0.1) is 5.82 Å². The van der Waals surface area contributed by atoms with Gasteiger partial charge in [-0.1, -0.05) is 30.7 Å². The fourth-order valence-corrected chi connectivity index (χ4v) is 4.15. The molecule has 0 unspecified atom stereocenters. The first-order valence-electron chi connectivity index (χ1n) is 10.4. The van der Waals surface area contributed by atoms with E-state index in [0.717, 1.165) is 43.8 Å². The predicted octanol–water partition coefficient (Wildman–Crippen LogP) is 3.74. The zero-order valence-corrected chi connectivity index (χ0v) is 18.4. The standard InChI is InChI=1S/C23H25ClFN5O/c1-3-18-15-30(11-10-29(18)14-16-4-6-17(24)7-5-16)23-27-21(12-22(31)28(23)2)19-8-9-26-13-20(19)25/h4-9,12-13,18H,3,10-11,14-15H2,1-2H3/t18-/m1/s1. The molecule has 4 rings (SSSR count). The molecule has 1 aromatic carbocycles. The van der Waals surface area contributed by atoms with Crippen LogP contribution in [0.5, 0.6) is 0 Å². The van der Waals surface area contributed by atoms with Crippen molar-refractivity contribution in [2.24, 2.45) is 7.05 Å². The number of hydrogen-bond acceptors (Lipinski definition) is 5. The Labute approximate surface area is 185 Å². The Balaban J connectivity index is 1.58. The van der Waals surface area contributed by atoms with Gasteiger partial charge in [0.1, 0.15) is 0 Å². The van der Waals surface area contributed by atoms with Crippen molar-refractivity contribution < 1.29 is 4.39 Å². The number of aromatic nitrogens is 3. The molecular weight excluding hydrogens is 417 g/mol. The predicted molar refractivity (Wildman–Crippen MR) is 121 cm³/mol. The summed E-state index contributed by atoms with van der Waals surface area (Å²) >= 11 is 6.01. The monoisotopic (exact) mass is 441 g/mol. The smallest absolute Gasteiger partial charge is 0.255 e. The van der Waals surface area contributed by atoms with E-state index in [1.165, 1.54) is 22.4 Å². The Bertz CT molecular complexity index is 1120. The number of halogens is 2. The van der Waals surface area contributed by atoms with Gasteiger partial charge >= 0.3 is 0 Å². The molecule has 162 valence electrons. The minimum atomic E-state index is -0.492. The molecule has 1 aliphatic rings. The van der Waals surface area contributed by atoms with Gasteiger partial charge in [0.25, 0.3) is 5.56 Å². The molecule has 8 heteroatoms. The Hall–Kier alpha value is -2.77. The minimum absolute atomic E-state index is 0.215. The Morgan fingerprint density at radius 2 is 1.97 bits per heavy atom. The third-order valence-corrected chi connectivity index (χ3v) is 6.07. The summed E-state index contributed by atoms with van der Waals surface area (Å²) in [6.07, 6.45) is 3.60. The number of benzene rings is 1. The van der Waals surface area contributed by atoms with E-state index in [-0.39, 0.29) is 11.1 Å². The van der Waals surface area contributed by atoms with Crippen LogP contribution in [-0.2, 0) is 13.6 Å². The molecule has 31 heavy (non-hydrogen) atoms. The molecule has 6 nitrogen and oxygen atoms in total. The molecule has 1 aliphatic heterocycles. The van der Waals surface area contributed by atoms with E-state index in [1.54, 1.807) is 13.1 Å². The first-order chi connectivity index (χ1) is 15.0. The minimum Gasteiger partial charge on any atom is -0.339 e. The van der Waals surface area contributed by atoms with Crippen molar-refractivity contribution in [3.05, 3.63) is 75.5 Å². The average Bonchev–Trinajstić information content (AvgIpc) is 2.78. The zero-order chi connectivity index (χ0) is 22.0. The second kappa shape index (κ2) is 9.16. The first-order valence-corrected chi connectivity index (χ1v) is 10.8. The molecule has 0 N–H and O–H groups in total. The highest BCUT2D eigenvalue weighted by atomic mass is 35.5. The van der Waals surface area contributed by atoms with E-state index >= 15 is 0 Å². The average molecular weight is 442 g/mol. The lowest BCUT2D eigenvalue weighted by Crippen LogP contribution is -2.53. The molecule has 0 saturated carbocycles. The molecule has 0 amide bonds. The summed E-state index contributed by atoms with van der Waals surface area (Å²) < 4.78 is 15.8. The number of hydrogen-bond donors (Lipinski definition) is 0. The van der Waals surface area contributed by atoms with Gasteiger partial charge in [-0.2, -0.15) is 0 Å². The lowest BCUT2D eigenvalue weighted by Gasteiger charge is -2.42. The fourth-order valence-electron chi connectivity index (χ4n) is 4.03. The molecule has 3 heterocycles. The van der Waals surface area contributed by atoms with E-state index in [4.69, 9.17) is 11.6 Å². The quantitative estimate of drug-likeness (QED) is 0.603. The van der Waals surface area contributed by atoms with Crippen LogP contribution in [0.15, 0.2) is 53.6 Å². The maximum Gasteiger partial charge on any atom is 0.255 e. The van der Waals surface area contributed by atoms with Gasteiger partial charge in [0.15, 0.2) is 5.82 Å². The molecule has 1 fully saturated rings. The lowest BCUT2D eigenvalue weighted by molar-refractivity contribution is 0.162. The van der Waals surface area contributed by atoms with Gasteiger partial charge in [-0.25, -0.2) is 9.37 Å². The third-order valence-electron chi connectivity index (χ3n) is 5.82. The summed E-state index contributed by atoms with van der Waals surface area (Å²) in [5.74, 6) is 0.0664. The van der Waals surface area contributed by atoms with Crippen molar-refractivity contribution in [2.45, 2.75) is 25.9 Å². The summed E-state index contributed by atoms with van der Waals surface area (Å²) in [5.41, 5.74) is 1.61. The van der Waals surface area contributed by atoms with Gasteiger partial charge in [-0.15, -0.1) is 0 Å². The van der Waals surface area contributed by atoms with Crippen LogP contribution < -0.4 is 10.5 Å². The molecule has 0 spiro atoms. The molecule has 0 aliphatic carbocycles. The maximum atomic E-state index is 14.2. The van der Waals surface area contributed by atoms with E-state index in [9.17, 15) is 9.18 Å². The zero-order valence-electron chi connectivity index (χ0n) is 17.6. The highest BCUT2D eigenvalue weighted by Crippen LogP contribution is 2.24. The van der Waals surface area contributed by atoms with Gasteiger partial charge in [0.2, 0.25) is 5.95 Å². The second-order valence-electron chi connectivity index (χ2n) is 7.80. The largest absolute Gasteiger partial charge is 0.339 e. The van der Waals surface area contributed by atoms with E-state index in [0.29, 0.717) is 17.7 Å². The van der Waals surface area contributed by atoms with E-state index < -0.39 is 5.82 Å². The van der Waals surface area contributed by atoms with Gasteiger partial charge < -0.3 is 4.90 Å². The van der Waals surface area contributed by atoms with Gasteiger partial charge in [-0.3, -0.25) is 19.2 Å². The number of piperazine rings is 1. The Morgan fingerprint density at radius 1 is 1.19 bits per heavy atom. The first kappa shape index (κ1) is 21.5. The molecular formula is C23H25ClFN5O. The van der Waals surface area contributed by atoms with Crippen LogP contribution in [0.3, 0.4) is 0 Å². The molecule has 0 radical (unpaired) electrons. The number of nitrogens with zero attached hydrogens (tertiary/aromatic N) is 5. The van der Waals surface area contributed by atoms with Crippen LogP contribution in [0.2, 0.25) is 5.02 Å². The Morgan fingerprint density at radius 3 is 2.68 bits per heavy atom. The van der Waals surface area contributed by atoms with Crippen LogP contribution in [-0.4, -0.2) is 45.1 Å². The lowest BCUT2D eigenvalue weighted by atomic mass is 10.1. The van der Waals surface area contributed by atoms with Crippen LogP contribution in [0.25, 0.3) is 11.3 Å². The van der Waals surface area contributed by atoms with Crippen molar-refractivity contribution in [3.8, 4) is 11.3 Å². The van der Waals surface area contributed by atoms with Gasteiger partial charge in [-0.05, 0) is 30.2 Å². The topological polar surface area (TPSA) is 54.3 Å². The summed E-state index contributed by atoms with van der Waals surface area (Å²) in [4.78, 5) is 25.6. The summed E-state index contributed by atoms with van der Waals surface area (Å²) in [6, 6.07) is 11.2.